The quantitative estimate of drug-likeness (QED) is 0.107. The summed E-state index contributed by atoms with van der Waals surface area (Å²) in [6.07, 6.45) is 1.22. The number of carbonyl (C=O) groups excluding carboxylic acids is 4. The molecule has 0 aliphatic carbocycles. The van der Waals surface area contributed by atoms with Crippen LogP contribution in [0.4, 0.5) is 0 Å². The van der Waals surface area contributed by atoms with Crippen LogP contribution in [-0.4, -0.2) is 70.5 Å². The van der Waals surface area contributed by atoms with Crippen LogP contribution in [0.15, 0.2) is 24.3 Å². The van der Waals surface area contributed by atoms with Crippen LogP contribution in [0.25, 0.3) is 0 Å². The van der Waals surface area contributed by atoms with E-state index in [4.69, 9.17) is 17.2 Å². The molecule has 13 heteroatoms. The van der Waals surface area contributed by atoms with E-state index >= 15 is 0 Å². The van der Waals surface area contributed by atoms with Crippen LogP contribution in [0.3, 0.4) is 0 Å². The topological polar surface area (TPSA) is 240 Å². The SMILES string of the molecule is CC(C)CC(NC(=O)C(N)Cc1ccc(O)cc1)C(=O)NC(CCCCN)C(=O)NC(CCC(N)=O)C(=O)O. The summed E-state index contributed by atoms with van der Waals surface area (Å²) in [6.45, 7) is 4.10. The third-order valence-corrected chi connectivity index (χ3v) is 5.94. The molecule has 4 atom stereocenters. The van der Waals surface area contributed by atoms with E-state index in [1.807, 2.05) is 13.8 Å². The number of aromatic hydroxyl groups is 1. The Morgan fingerprint density at radius 3 is 1.95 bits per heavy atom. The standard InChI is InChI=1S/C26H42N6O7/c1-15(2)13-21(32-23(35)18(28)14-16-6-8-17(33)9-7-16)25(37)30-19(5-3-4-12-27)24(36)31-20(26(38)39)10-11-22(29)34/h6-9,15,18-21,33H,3-5,10-14,27-28H2,1-2H3,(H2,29,34)(H,30,37)(H,31,36)(H,32,35)(H,38,39). The molecule has 4 amide bonds. The van der Waals surface area contributed by atoms with Crippen LogP contribution in [-0.2, 0) is 30.4 Å². The third kappa shape index (κ3) is 13.1. The van der Waals surface area contributed by atoms with E-state index in [0.717, 1.165) is 5.56 Å². The molecular formula is C26H42N6O7. The number of unbranched alkanes of at least 4 members (excludes halogenated alkanes) is 1. The number of nitrogens with two attached hydrogens (primary N) is 3. The van der Waals surface area contributed by atoms with Crippen molar-refractivity contribution in [2.75, 3.05) is 6.54 Å². The summed E-state index contributed by atoms with van der Waals surface area (Å²) in [5.41, 5.74) is 17.4. The van der Waals surface area contributed by atoms with Gasteiger partial charge in [-0.05, 0) is 68.7 Å². The molecule has 0 fully saturated rings. The Hall–Kier alpha value is -3.71. The van der Waals surface area contributed by atoms with Gasteiger partial charge in [0.05, 0.1) is 6.04 Å². The molecule has 39 heavy (non-hydrogen) atoms. The zero-order chi connectivity index (χ0) is 29.5. The number of nitrogens with one attached hydrogen (secondary N) is 3. The van der Waals surface area contributed by atoms with Crippen molar-refractivity contribution < 1.29 is 34.2 Å². The normalized spacial score (nSPS) is 14.1. The lowest BCUT2D eigenvalue weighted by Gasteiger charge is -2.26. The van der Waals surface area contributed by atoms with E-state index in [-0.39, 0.29) is 43.8 Å². The molecule has 0 saturated heterocycles. The van der Waals surface area contributed by atoms with Gasteiger partial charge in [-0.1, -0.05) is 26.0 Å². The second-order valence-corrected chi connectivity index (χ2v) is 9.92. The van der Waals surface area contributed by atoms with Gasteiger partial charge in [-0.3, -0.25) is 19.2 Å². The zero-order valence-corrected chi connectivity index (χ0v) is 22.5. The zero-order valence-electron chi connectivity index (χ0n) is 22.5. The highest BCUT2D eigenvalue weighted by Gasteiger charge is 2.30. The molecule has 4 unspecified atom stereocenters. The van der Waals surface area contributed by atoms with E-state index in [0.29, 0.717) is 19.4 Å². The summed E-state index contributed by atoms with van der Waals surface area (Å²) in [6, 6.07) is 1.79. The summed E-state index contributed by atoms with van der Waals surface area (Å²) in [5.74, 6) is -3.89. The molecule has 11 N–H and O–H groups in total. The summed E-state index contributed by atoms with van der Waals surface area (Å²) < 4.78 is 0. The first-order valence-electron chi connectivity index (χ1n) is 13.0. The minimum absolute atomic E-state index is 0.00378. The van der Waals surface area contributed by atoms with Crippen molar-refractivity contribution >= 4 is 29.6 Å². The van der Waals surface area contributed by atoms with Crippen LogP contribution in [0.2, 0.25) is 0 Å². The number of aliphatic carboxylic acids is 1. The summed E-state index contributed by atoms with van der Waals surface area (Å²) in [5, 5.41) is 26.5. The molecule has 0 heterocycles. The fourth-order valence-electron chi connectivity index (χ4n) is 3.81. The minimum atomic E-state index is -1.37. The van der Waals surface area contributed by atoms with E-state index in [1.165, 1.54) is 12.1 Å². The fourth-order valence-corrected chi connectivity index (χ4v) is 3.81. The second-order valence-electron chi connectivity index (χ2n) is 9.92. The molecule has 0 bridgehead atoms. The number of carboxylic acids is 1. The second kappa shape index (κ2) is 17.0. The van der Waals surface area contributed by atoms with Gasteiger partial charge in [-0.25, -0.2) is 4.79 Å². The summed E-state index contributed by atoms with van der Waals surface area (Å²) in [4.78, 5) is 61.7. The molecule has 218 valence electrons. The van der Waals surface area contributed by atoms with E-state index in [2.05, 4.69) is 16.0 Å². The van der Waals surface area contributed by atoms with Crippen LogP contribution in [0.5, 0.6) is 5.75 Å². The number of amides is 4. The van der Waals surface area contributed by atoms with E-state index in [9.17, 15) is 34.2 Å². The average Bonchev–Trinajstić information content (AvgIpc) is 2.86. The Kier molecular flexibility index (Phi) is 14.5. The first-order chi connectivity index (χ1) is 18.3. The van der Waals surface area contributed by atoms with Gasteiger partial charge >= 0.3 is 5.97 Å². The van der Waals surface area contributed by atoms with Crippen molar-refractivity contribution in [2.24, 2.45) is 23.1 Å². The fraction of sp³-hybridized carbons (Fsp3) is 0.577. The van der Waals surface area contributed by atoms with Crippen LogP contribution in [0.1, 0.15) is 57.9 Å². The Morgan fingerprint density at radius 1 is 0.846 bits per heavy atom. The molecule has 0 aliphatic heterocycles. The number of rotatable bonds is 18. The first kappa shape index (κ1) is 33.3. The maximum atomic E-state index is 13.2. The van der Waals surface area contributed by atoms with Crippen molar-refractivity contribution in [3.8, 4) is 5.75 Å². The van der Waals surface area contributed by atoms with Crippen LogP contribution >= 0.6 is 0 Å². The van der Waals surface area contributed by atoms with Gasteiger partial charge in [0.25, 0.3) is 0 Å². The van der Waals surface area contributed by atoms with Crippen LogP contribution < -0.4 is 33.2 Å². The predicted molar refractivity (Wildman–Crippen MR) is 144 cm³/mol. The minimum Gasteiger partial charge on any atom is -0.508 e. The molecule has 1 rings (SSSR count). The van der Waals surface area contributed by atoms with Crippen LogP contribution in [0, 0.1) is 5.92 Å². The smallest absolute Gasteiger partial charge is 0.326 e. The van der Waals surface area contributed by atoms with Gasteiger partial charge in [-0.15, -0.1) is 0 Å². The van der Waals surface area contributed by atoms with Gasteiger partial charge in [0.15, 0.2) is 0 Å². The Labute approximate surface area is 228 Å². The molecule has 0 spiro atoms. The maximum Gasteiger partial charge on any atom is 0.326 e. The summed E-state index contributed by atoms with van der Waals surface area (Å²) in [7, 11) is 0. The number of benzene rings is 1. The molecule has 1 aromatic carbocycles. The predicted octanol–water partition coefficient (Wildman–Crippen LogP) is -0.758. The molecule has 0 aromatic heterocycles. The maximum absolute atomic E-state index is 13.2. The number of phenolic OH excluding ortho intramolecular Hbond substituents is 1. The van der Waals surface area contributed by atoms with E-state index in [1.54, 1.807) is 12.1 Å². The highest BCUT2D eigenvalue weighted by molar-refractivity contribution is 5.94. The summed E-state index contributed by atoms with van der Waals surface area (Å²) >= 11 is 0. The molecular weight excluding hydrogens is 508 g/mol. The molecule has 0 saturated carbocycles. The number of carbonyl (C=O) groups is 5. The first-order valence-corrected chi connectivity index (χ1v) is 13.0. The number of carboxylic acid groups (broad SMARTS) is 1. The Bertz CT molecular complexity index is 970. The van der Waals surface area contributed by atoms with Crippen molar-refractivity contribution in [1.29, 1.82) is 0 Å². The highest BCUT2D eigenvalue weighted by Crippen LogP contribution is 2.12. The Balaban J connectivity index is 2.97. The van der Waals surface area contributed by atoms with Crippen molar-refractivity contribution in [2.45, 2.75) is 83.0 Å². The van der Waals surface area contributed by atoms with Crippen molar-refractivity contribution in [3.05, 3.63) is 29.8 Å². The highest BCUT2D eigenvalue weighted by atomic mass is 16.4. The largest absolute Gasteiger partial charge is 0.508 e. The van der Waals surface area contributed by atoms with Gasteiger partial charge < -0.3 is 43.4 Å². The molecule has 13 nitrogen and oxygen atoms in total. The van der Waals surface area contributed by atoms with Crippen molar-refractivity contribution in [3.63, 3.8) is 0 Å². The average molecular weight is 551 g/mol. The lowest BCUT2D eigenvalue weighted by Crippen LogP contribution is -2.57. The van der Waals surface area contributed by atoms with E-state index < -0.39 is 53.8 Å². The lowest BCUT2D eigenvalue weighted by molar-refractivity contribution is -0.142. The number of hydrogen-bond acceptors (Lipinski definition) is 8. The van der Waals surface area contributed by atoms with Crippen molar-refractivity contribution in [1.82, 2.24) is 16.0 Å². The van der Waals surface area contributed by atoms with Gasteiger partial charge in [0.2, 0.25) is 23.6 Å². The molecule has 1 aromatic rings. The third-order valence-electron chi connectivity index (χ3n) is 5.94. The van der Waals surface area contributed by atoms with Gasteiger partial charge in [0.1, 0.15) is 23.9 Å². The lowest BCUT2D eigenvalue weighted by atomic mass is 10.00. The van der Waals surface area contributed by atoms with Gasteiger partial charge in [-0.2, -0.15) is 0 Å². The number of hydrogen-bond donors (Lipinski definition) is 8. The number of phenols is 1. The molecule has 0 radical (unpaired) electrons. The van der Waals surface area contributed by atoms with Gasteiger partial charge in [0, 0.05) is 6.42 Å². The monoisotopic (exact) mass is 550 g/mol. The number of primary amides is 1. The molecule has 0 aliphatic rings. The Morgan fingerprint density at radius 2 is 1.41 bits per heavy atom.